The van der Waals surface area contributed by atoms with Crippen LogP contribution in [0.25, 0.3) is 0 Å². The van der Waals surface area contributed by atoms with E-state index in [4.69, 9.17) is 10.5 Å². The van der Waals surface area contributed by atoms with Crippen molar-refractivity contribution in [2.75, 3.05) is 7.11 Å². The first-order valence-corrected chi connectivity index (χ1v) is 7.28. The highest BCUT2D eigenvalue weighted by atomic mass is 16.5. The first-order chi connectivity index (χ1) is 10.1. The summed E-state index contributed by atoms with van der Waals surface area (Å²) < 4.78 is 5.08. The Hall–Kier alpha value is -2.04. The van der Waals surface area contributed by atoms with Gasteiger partial charge in [0.25, 0.3) is 0 Å². The van der Waals surface area contributed by atoms with Gasteiger partial charge >= 0.3 is 0 Å². The van der Waals surface area contributed by atoms with Crippen molar-refractivity contribution in [3.8, 4) is 5.75 Å². The van der Waals surface area contributed by atoms with E-state index < -0.39 is 11.9 Å². The molecule has 5 heteroatoms. The van der Waals surface area contributed by atoms with Crippen LogP contribution in [-0.2, 0) is 16.0 Å². The summed E-state index contributed by atoms with van der Waals surface area (Å²) in [6, 6.07) is 6.68. The molecule has 0 saturated carbocycles. The molecule has 0 saturated heterocycles. The van der Waals surface area contributed by atoms with Crippen molar-refractivity contribution in [2.45, 2.75) is 45.1 Å². The number of rotatable bonds is 9. The van der Waals surface area contributed by atoms with Crippen LogP contribution in [0.3, 0.4) is 0 Å². The summed E-state index contributed by atoms with van der Waals surface area (Å²) in [6.07, 6.45) is 3.71. The van der Waals surface area contributed by atoms with Gasteiger partial charge in [-0.15, -0.1) is 0 Å². The number of carbonyl (C=O) groups is 2. The van der Waals surface area contributed by atoms with Crippen molar-refractivity contribution in [3.63, 3.8) is 0 Å². The zero-order valence-electron chi connectivity index (χ0n) is 12.7. The largest absolute Gasteiger partial charge is 0.497 e. The molecule has 116 valence electrons. The minimum atomic E-state index is -0.674. The van der Waals surface area contributed by atoms with Crippen LogP contribution in [0.1, 0.15) is 38.2 Å². The minimum Gasteiger partial charge on any atom is -0.497 e. The van der Waals surface area contributed by atoms with Crippen molar-refractivity contribution in [1.29, 1.82) is 0 Å². The molecule has 0 bridgehead atoms. The first kappa shape index (κ1) is 17.0. The molecular weight excluding hydrogens is 268 g/mol. The summed E-state index contributed by atoms with van der Waals surface area (Å²) in [5, 5.41) is 2.71. The smallest absolute Gasteiger partial charge is 0.240 e. The van der Waals surface area contributed by atoms with Gasteiger partial charge in [0.15, 0.2) is 0 Å². The van der Waals surface area contributed by atoms with Gasteiger partial charge in [0.2, 0.25) is 11.8 Å². The Morgan fingerprint density at radius 1 is 1.24 bits per heavy atom. The van der Waals surface area contributed by atoms with Crippen molar-refractivity contribution < 1.29 is 14.3 Å². The normalized spacial score (nSPS) is 11.7. The Kier molecular flexibility index (Phi) is 7.29. The van der Waals surface area contributed by atoms with E-state index in [1.54, 1.807) is 7.11 Å². The minimum absolute atomic E-state index is 0.124. The Morgan fingerprint density at radius 2 is 1.90 bits per heavy atom. The third-order valence-corrected chi connectivity index (χ3v) is 3.28. The number of benzene rings is 1. The maximum Gasteiger partial charge on any atom is 0.240 e. The van der Waals surface area contributed by atoms with E-state index in [9.17, 15) is 9.59 Å². The number of nitrogens with one attached hydrogen (secondary N) is 1. The van der Waals surface area contributed by atoms with Crippen LogP contribution in [0.15, 0.2) is 24.3 Å². The fraction of sp³-hybridized carbons (Fsp3) is 0.500. The van der Waals surface area contributed by atoms with Gasteiger partial charge in [-0.25, -0.2) is 0 Å². The summed E-state index contributed by atoms with van der Waals surface area (Å²) in [5.74, 6) is 0.105. The summed E-state index contributed by atoms with van der Waals surface area (Å²) in [5.41, 5.74) is 6.29. The molecule has 1 aromatic rings. The Morgan fingerprint density at radius 3 is 2.43 bits per heavy atom. The maximum absolute atomic E-state index is 11.8. The van der Waals surface area contributed by atoms with Crippen LogP contribution < -0.4 is 15.8 Å². The number of nitrogens with two attached hydrogens (primary N) is 1. The first-order valence-electron chi connectivity index (χ1n) is 7.28. The molecule has 0 aliphatic rings. The van der Waals surface area contributed by atoms with Crippen molar-refractivity contribution in [1.82, 2.24) is 5.32 Å². The molecule has 0 aliphatic carbocycles. The predicted octanol–water partition coefficient (Wildman–Crippen LogP) is 1.79. The fourth-order valence-electron chi connectivity index (χ4n) is 2.02. The van der Waals surface area contributed by atoms with E-state index >= 15 is 0 Å². The molecule has 1 unspecified atom stereocenters. The molecule has 1 atom stereocenters. The molecule has 21 heavy (non-hydrogen) atoms. The van der Waals surface area contributed by atoms with Crippen LogP contribution in [0.5, 0.6) is 5.75 Å². The predicted molar refractivity (Wildman–Crippen MR) is 82.0 cm³/mol. The maximum atomic E-state index is 11.8. The van der Waals surface area contributed by atoms with Crippen LogP contribution >= 0.6 is 0 Å². The van der Waals surface area contributed by atoms with Crippen LogP contribution in [-0.4, -0.2) is 25.0 Å². The van der Waals surface area contributed by atoms with Gasteiger partial charge in [-0.05, 0) is 24.1 Å². The van der Waals surface area contributed by atoms with Crippen LogP contribution in [0.4, 0.5) is 0 Å². The topological polar surface area (TPSA) is 81.4 Å². The fourth-order valence-corrected chi connectivity index (χ4v) is 2.02. The van der Waals surface area contributed by atoms with Gasteiger partial charge in [-0.3, -0.25) is 9.59 Å². The highest BCUT2D eigenvalue weighted by molar-refractivity contribution is 5.86. The highest BCUT2D eigenvalue weighted by Gasteiger charge is 2.18. The Labute approximate surface area is 125 Å². The number of amides is 2. The van der Waals surface area contributed by atoms with E-state index in [1.165, 1.54) is 0 Å². The van der Waals surface area contributed by atoms with E-state index in [0.717, 1.165) is 30.6 Å². The lowest BCUT2D eigenvalue weighted by Crippen LogP contribution is -2.45. The van der Waals surface area contributed by atoms with Gasteiger partial charge in [-0.2, -0.15) is 0 Å². The summed E-state index contributed by atoms with van der Waals surface area (Å²) in [7, 11) is 1.59. The summed E-state index contributed by atoms with van der Waals surface area (Å²) in [6.45, 7) is 2.08. The second-order valence-corrected chi connectivity index (χ2v) is 5.03. The summed E-state index contributed by atoms with van der Waals surface area (Å²) >= 11 is 0. The number of ether oxygens (including phenoxy) is 1. The number of unbranched alkanes of at least 4 members (excludes halogenated alkanes) is 2. The molecule has 0 aliphatic heterocycles. The van der Waals surface area contributed by atoms with Gasteiger partial charge in [0, 0.05) is 12.8 Å². The SMILES string of the molecule is CCCCCC(=O)NC(Cc1ccc(OC)cc1)C(N)=O. The van der Waals surface area contributed by atoms with Gasteiger partial charge in [-0.1, -0.05) is 31.9 Å². The zero-order valence-corrected chi connectivity index (χ0v) is 12.7. The average molecular weight is 292 g/mol. The lowest BCUT2D eigenvalue weighted by atomic mass is 10.0. The molecule has 0 heterocycles. The molecule has 5 nitrogen and oxygen atoms in total. The average Bonchev–Trinajstić information content (AvgIpc) is 2.47. The lowest BCUT2D eigenvalue weighted by Gasteiger charge is -2.15. The number of methoxy groups -OCH3 is 1. The van der Waals surface area contributed by atoms with Crippen molar-refractivity contribution in [2.24, 2.45) is 5.73 Å². The van der Waals surface area contributed by atoms with E-state index in [1.807, 2.05) is 24.3 Å². The number of hydrogen-bond donors (Lipinski definition) is 2. The zero-order chi connectivity index (χ0) is 15.7. The Balaban J connectivity index is 2.56. The molecule has 0 spiro atoms. The van der Waals surface area contributed by atoms with Gasteiger partial charge in [0.05, 0.1) is 7.11 Å². The van der Waals surface area contributed by atoms with Crippen molar-refractivity contribution >= 4 is 11.8 Å². The lowest BCUT2D eigenvalue weighted by molar-refractivity contribution is -0.127. The second kappa shape index (κ2) is 9.00. The van der Waals surface area contributed by atoms with Crippen LogP contribution in [0, 0.1) is 0 Å². The molecule has 2 amide bonds. The number of primary amides is 1. The summed E-state index contributed by atoms with van der Waals surface area (Å²) in [4.78, 5) is 23.3. The second-order valence-electron chi connectivity index (χ2n) is 5.03. The molecule has 0 fully saturated rings. The molecule has 1 aromatic carbocycles. The molecule has 0 aromatic heterocycles. The number of hydrogen-bond acceptors (Lipinski definition) is 3. The van der Waals surface area contributed by atoms with E-state index in [-0.39, 0.29) is 5.91 Å². The quantitative estimate of drug-likeness (QED) is 0.681. The van der Waals surface area contributed by atoms with E-state index in [0.29, 0.717) is 12.8 Å². The van der Waals surface area contributed by atoms with E-state index in [2.05, 4.69) is 12.2 Å². The Bertz CT molecular complexity index is 457. The van der Waals surface area contributed by atoms with Gasteiger partial charge < -0.3 is 15.8 Å². The molecule has 0 radical (unpaired) electrons. The molecular formula is C16H24N2O3. The third-order valence-electron chi connectivity index (χ3n) is 3.28. The third kappa shape index (κ3) is 6.29. The molecule has 1 rings (SSSR count). The number of carbonyl (C=O) groups excluding carboxylic acids is 2. The van der Waals surface area contributed by atoms with Crippen LogP contribution in [0.2, 0.25) is 0 Å². The molecule has 3 N–H and O–H groups in total. The van der Waals surface area contributed by atoms with Gasteiger partial charge in [0.1, 0.15) is 11.8 Å². The highest BCUT2D eigenvalue weighted by Crippen LogP contribution is 2.13. The standard InChI is InChI=1S/C16H24N2O3/c1-3-4-5-6-15(19)18-14(16(17)20)11-12-7-9-13(21-2)10-8-12/h7-10,14H,3-6,11H2,1-2H3,(H2,17,20)(H,18,19). The monoisotopic (exact) mass is 292 g/mol. The van der Waals surface area contributed by atoms with Crippen molar-refractivity contribution in [3.05, 3.63) is 29.8 Å².